The van der Waals surface area contributed by atoms with Gasteiger partial charge in [0.1, 0.15) is 0 Å². The van der Waals surface area contributed by atoms with Crippen molar-refractivity contribution in [2.24, 2.45) is 0 Å². The summed E-state index contributed by atoms with van der Waals surface area (Å²) < 4.78 is 6.34. The Kier molecular flexibility index (Phi) is 5.80. The molecule has 1 N–H and O–H groups in total. The second-order valence-electron chi connectivity index (χ2n) is 6.26. The average molecular weight is 355 g/mol. The minimum atomic E-state index is -0.128. The van der Waals surface area contributed by atoms with Gasteiger partial charge in [-0.05, 0) is 19.6 Å². The Labute approximate surface area is 144 Å². The van der Waals surface area contributed by atoms with E-state index in [1.54, 1.807) is 11.8 Å². The van der Waals surface area contributed by atoms with Gasteiger partial charge in [-0.15, -0.1) is 11.8 Å². The number of thiazole rings is 1. The predicted molar refractivity (Wildman–Crippen MR) is 93.2 cm³/mol. The van der Waals surface area contributed by atoms with E-state index in [4.69, 9.17) is 4.52 Å². The quantitative estimate of drug-likeness (QED) is 0.794. The Balaban J connectivity index is 1.79. The van der Waals surface area contributed by atoms with Crippen LogP contribution in [0.1, 0.15) is 51.0 Å². The van der Waals surface area contributed by atoms with E-state index in [1.165, 1.54) is 11.3 Å². The van der Waals surface area contributed by atoms with Gasteiger partial charge in [-0.2, -0.15) is 4.98 Å². The van der Waals surface area contributed by atoms with Gasteiger partial charge in [0.15, 0.2) is 11.0 Å². The van der Waals surface area contributed by atoms with Crippen molar-refractivity contribution in [3.8, 4) is 0 Å². The molecule has 0 aliphatic heterocycles. The van der Waals surface area contributed by atoms with Crippen molar-refractivity contribution in [3.63, 3.8) is 0 Å². The Bertz CT molecular complexity index is 673. The highest BCUT2D eigenvalue weighted by atomic mass is 32.2. The molecule has 0 spiro atoms. The number of hydrogen-bond donors (Lipinski definition) is 1. The SMILES string of the molecule is CSc1sc(NC(=O)CCCc2nc(C(C)(C)C)no2)nc1C. The zero-order valence-corrected chi connectivity index (χ0v) is 15.7. The molecule has 2 heterocycles. The van der Waals surface area contributed by atoms with Crippen molar-refractivity contribution >= 4 is 34.1 Å². The lowest BCUT2D eigenvalue weighted by atomic mass is 9.96. The molecule has 0 saturated carbocycles. The second kappa shape index (κ2) is 7.44. The lowest BCUT2D eigenvalue weighted by molar-refractivity contribution is -0.116. The summed E-state index contributed by atoms with van der Waals surface area (Å²) in [7, 11) is 0. The van der Waals surface area contributed by atoms with Crippen LogP contribution in [0.4, 0.5) is 5.13 Å². The smallest absolute Gasteiger partial charge is 0.226 e. The molecule has 23 heavy (non-hydrogen) atoms. The normalized spacial score (nSPS) is 11.7. The first kappa shape index (κ1) is 17.9. The van der Waals surface area contributed by atoms with Gasteiger partial charge < -0.3 is 9.84 Å². The van der Waals surface area contributed by atoms with Gasteiger partial charge in [0.25, 0.3) is 0 Å². The van der Waals surface area contributed by atoms with Crippen LogP contribution in [0.5, 0.6) is 0 Å². The molecular weight excluding hydrogens is 332 g/mol. The maximum atomic E-state index is 12.0. The topological polar surface area (TPSA) is 80.9 Å². The summed E-state index contributed by atoms with van der Waals surface area (Å²) in [5.74, 6) is 1.24. The average Bonchev–Trinajstić information content (AvgIpc) is 3.05. The summed E-state index contributed by atoms with van der Waals surface area (Å²) in [6.07, 6.45) is 3.67. The molecule has 2 aromatic heterocycles. The summed E-state index contributed by atoms with van der Waals surface area (Å²) in [4.78, 5) is 20.7. The molecule has 126 valence electrons. The number of nitrogens with one attached hydrogen (secondary N) is 1. The van der Waals surface area contributed by atoms with Gasteiger partial charge in [-0.1, -0.05) is 37.3 Å². The first-order valence-corrected chi connectivity index (χ1v) is 9.48. The zero-order valence-electron chi connectivity index (χ0n) is 14.1. The molecule has 0 aliphatic rings. The fourth-order valence-corrected chi connectivity index (χ4v) is 3.50. The molecule has 2 aromatic rings. The number of nitrogens with zero attached hydrogens (tertiary/aromatic N) is 3. The molecule has 1 amide bonds. The van der Waals surface area contributed by atoms with E-state index in [0.717, 1.165) is 9.90 Å². The molecule has 0 unspecified atom stereocenters. The Morgan fingerprint density at radius 2 is 2.09 bits per heavy atom. The largest absolute Gasteiger partial charge is 0.339 e. The van der Waals surface area contributed by atoms with Gasteiger partial charge in [0.2, 0.25) is 11.8 Å². The molecule has 0 fully saturated rings. The minimum absolute atomic E-state index is 0.0398. The first-order valence-electron chi connectivity index (χ1n) is 7.44. The van der Waals surface area contributed by atoms with Gasteiger partial charge >= 0.3 is 0 Å². The molecule has 0 atom stereocenters. The number of thioether (sulfide) groups is 1. The molecule has 2 rings (SSSR count). The van der Waals surface area contributed by atoms with Crippen LogP contribution in [0.25, 0.3) is 0 Å². The van der Waals surface area contributed by atoms with Crippen LogP contribution in [0.15, 0.2) is 8.73 Å². The van der Waals surface area contributed by atoms with E-state index >= 15 is 0 Å². The lowest BCUT2D eigenvalue weighted by Gasteiger charge is -2.10. The standard InChI is InChI=1S/C15H22N4O2S2/c1-9-12(22-5)23-14(16-9)17-10(20)7-6-8-11-18-13(19-21-11)15(2,3)4/h6-8H2,1-5H3,(H,16,17,20). The van der Waals surface area contributed by atoms with Gasteiger partial charge in [-0.3, -0.25) is 4.79 Å². The van der Waals surface area contributed by atoms with Crippen LogP contribution in [0.3, 0.4) is 0 Å². The van der Waals surface area contributed by atoms with Crippen molar-refractivity contribution in [1.82, 2.24) is 15.1 Å². The number of aryl methyl sites for hydroxylation is 2. The minimum Gasteiger partial charge on any atom is -0.339 e. The second-order valence-corrected chi connectivity index (χ2v) is 8.33. The molecule has 8 heteroatoms. The molecule has 0 aliphatic carbocycles. The summed E-state index contributed by atoms with van der Waals surface area (Å²) >= 11 is 3.14. The molecule has 0 aromatic carbocycles. The zero-order chi connectivity index (χ0) is 17.0. The van der Waals surface area contributed by atoms with E-state index in [-0.39, 0.29) is 11.3 Å². The Morgan fingerprint density at radius 1 is 1.35 bits per heavy atom. The number of amides is 1. The highest BCUT2D eigenvalue weighted by Crippen LogP contribution is 2.30. The number of hydrogen-bond acceptors (Lipinski definition) is 7. The van der Waals surface area contributed by atoms with Crippen LogP contribution >= 0.6 is 23.1 Å². The van der Waals surface area contributed by atoms with Crippen molar-refractivity contribution in [2.45, 2.75) is 56.6 Å². The third-order valence-electron chi connectivity index (χ3n) is 3.12. The van der Waals surface area contributed by atoms with Gasteiger partial charge in [0.05, 0.1) is 9.90 Å². The van der Waals surface area contributed by atoms with Crippen molar-refractivity contribution < 1.29 is 9.32 Å². The third-order valence-corrected chi connectivity index (χ3v) is 5.40. The predicted octanol–water partition coefficient (Wildman–Crippen LogP) is 3.82. The summed E-state index contributed by atoms with van der Waals surface area (Å²) in [5, 5.41) is 7.48. The number of rotatable bonds is 6. The number of aromatic nitrogens is 3. The van der Waals surface area contributed by atoms with Crippen LogP contribution < -0.4 is 5.32 Å². The third kappa shape index (κ3) is 5.04. The Morgan fingerprint density at radius 3 is 2.65 bits per heavy atom. The maximum Gasteiger partial charge on any atom is 0.226 e. The number of anilines is 1. The van der Waals surface area contributed by atoms with Crippen molar-refractivity contribution in [1.29, 1.82) is 0 Å². The van der Waals surface area contributed by atoms with Gasteiger partial charge in [-0.25, -0.2) is 4.98 Å². The maximum absolute atomic E-state index is 12.0. The van der Waals surface area contributed by atoms with E-state index < -0.39 is 0 Å². The van der Waals surface area contributed by atoms with Crippen LogP contribution in [0.2, 0.25) is 0 Å². The summed E-state index contributed by atoms with van der Waals surface area (Å²) in [5.41, 5.74) is 0.829. The van der Waals surface area contributed by atoms with E-state index in [0.29, 0.717) is 36.1 Å². The van der Waals surface area contributed by atoms with Crippen LogP contribution in [-0.4, -0.2) is 27.3 Å². The van der Waals surface area contributed by atoms with Crippen molar-refractivity contribution in [3.05, 3.63) is 17.4 Å². The fourth-order valence-electron chi connectivity index (χ4n) is 1.87. The number of carbonyl (C=O) groups is 1. The highest BCUT2D eigenvalue weighted by Gasteiger charge is 2.20. The Hall–Kier alpha value is -1.41. The van der Waals surface area contributed by atoms with E-state index in [2.05, 4.69) is 20.4 Å². The molecule has 6 nitrogen and oxygen atoms in total. The summed E-state index contributed by atoms with van der Waals surface area (Å²) in [6.45, 7) is 8.05. The molecular formula is C15H22N4O2S2. The monoisotopic (exact) mass is 354 g/mol. The molecule has 0 radical (unpaired) electrons. The molecule has 0 saturated heterocycles. The lowest BCUT2D eigenvalue weighted by Crippen LogP contribution is -2.13. The fraction of sp³-hybridized carbons (Fsp3) is 0.600. The van der Waals surface area contributed by atoms with Crippen molar-refractivity contribution in [2.75, 3.05) is 11.6 Å². The first-order chi connectivity index (χ1) is 10.8. The van der Waals surface area contributed by atoms with E-state index in [1.807, 2.05) is 34.0 Å². The summed E-state index contributed by atoms with van der Waals surface area (Å²) in [6, 6.07) is 0. The number of carbonyl (C=O) groups excluding carboxylic acids is 1. The van der Waals surface area contributed by atoms with Crippen LogP contribution in [0, 0.1) is 6.92 Å². The molecule has 0 bridgehead atoms. The highest BCUT2D eigenvalue weighted by molar-refractivity contribution is 8.00. The van der Waals surface area contributed by atoms with Gasteiger partial charge in [0, 0.05) is 18.3 Å². The van der Waals surface area contributed by atoms with E-state index in [9.17, 15) is 4.79 Å². The van der Waals surface area contributed by atoms with Crippen LogP contribution in [-0.2, 0) is 16.6 Å².